The molecule has 2 aromatic rings. The molecule has 0 bridgehead atoms. The molecule has 2 aromatic carbocycles. The lowest BCUT2D eigenvalue weighted by molar-refractivity contribution is -0.143. The fraction of sp³-hybridized carbons (Fsp3) is 0.364. The van der Waals surface area contributed by atoms with Gasteiger partial charge in [-0.2, -0.15) is 0 Å². The summed E-state index contributed by atoms with van der Waals surface area (Å²) in [5.41, 5.74) is 3.83. The van der Waals surface area contributed by atoms with Gasteiger partial charge in [0.15, 0.2) is 6.61 Å². The second-order valence-corrected chi connectivity index (χ2v) is 7.10. The van der Waals surface area contributed by atoms with E-state index in [1.165, 1.54) is 12.0 Å². The SMILES string of the molecule is COC(=O)C1Cc2ccccc2N1C(=O)COc1cc(C(C)C)ccc1C. The van der Waals surface area contributed by atoms with Gasteiger partial charge in [-0.25, -0.2) is 4.79 Å². The first-order chi connectivity index (χ1) is 12.9. The van der Waals surface area contributed by atoms with Crippen LogP contribution in [0.2, 0.25) is 0 Å². The molecule has 0 aromatic heterocycles. The van der Waals surface area contributed by atoms with Gasteiger partial charge >= 0.3 is 5.97 Å². The fourth-order valence-corrected chi connectivity index (χ4v) is 3.36. The highest BCUT2D eigenvalue weighted by Gasteiger charge is 2.39. The molecule has 1 amide bonds. The normalized spacial score (nSPS) is 15.6. The number of aryl methyl sites for hydroxylation is 1. The fourth-order valence-electron chi connectivity index (χ4n) is 3.36. The zero-order chi connectivity index (χ0) is 19.6. The van der Waals surface area contributed by atoms with Crippen molar-refractivity contribution >= 4 is 17.6 Å². The Morgan fingerprint density at radius 3 is 2.63 bits per heavy atom. The first kappa shape index (κ1) is 19.0. The Kier molecular flexibility index (Phi) is 5.49. The van der Waals surface area contributed by atoms with E-state index >= 15 is 0 Å². The van der Waals surface area contributed by atoms with E-state index in [1.54, 1.807) is 0 Å². The Balaban J connectivity index is 1.80. The molecular formula is C22H25NO4. The quantitative estimate of drug-likeness (QED) is 0.758. The summed E-state index contributed by atoms with van der Waals surface area (Å²) in [6.45, 7) is 6.04. The third kappa shape index (κ3) is 3.82. The second kappa shape index (κ2) is 7.82. The Morgan fingerprint density at radius 1 is 1.19 bits per heavy atom. The Morgan fingerprint density at radius 2 is 1.93 bits per heavy atom. The van der Waals surface area contributed by atoms with Gasteiger partial charge < -0.3 is 9.47 Å². The van der Waals surface area contributed by atoms with Crippen molar-refractivity contribution in [3.8, 4) is 5.75 Å². The highest BCUT2D eigenvalue weighted by Crippen LogP contribution is 2.33. The number of amides is 1. The largest absolute Gasteiger partial charge is 0.483 e. The maximum Gasteiger partial charge on any atom is 0.329 e. The molecule has 0 saturated carbocycles. The number of fused-ring (bicyclic) bond motifs is 1. The summed E-state index contributed by atoms with van der Waals surface area (Å²) >= 11 is 0. The molecule has 27 heavy (non-hydrogen) atoms. The molecule has 0 spiro atoms. The second-order valence-electron chi connectivity index (χ2n) is 7.10. The van der Waals surface area contributed by atoms with Gasteiger partial charge in [0.2, 0.25) is 0 Å². The predicted octanol–water partition coefficient (Wildman–Crippen LogP) is 3.63. The molecule has 1 aliphatic rings. The average molecular weight is 367 g/mol. The molecule has 0 N–H and O–H groups in total. The van der Waals surface area contributed by atoms with Crippen LogP contribution in [-0.4, -0.2) is 31.6 Å². The molecule has 0 fully saturated rings. The van der Waals surface area contributed by atoms with Crippen LogP contribution in [0.4, 0.5) is 5.69 Å². The number of methoxy groups -OCH3 is 1. The maximum absolute atomic E-state index is 12.9. The van der Waals surface area contributed by atoms with Crippen molar-refractivity contribution < 1.29 is 19.1 Å². The third-order valence-electron chi connectivity index (χ3n) is 4.95. The molecule has 5 heteroatoms. The van der Waals surface area contributed by atoms with Crippen LogP contribution < -0.4 is 9.64 Å². The molecular weight excluding hydrogens is 342 g/mol. The Bertz CT molecular complexity index is 859. The summed E-state index contributed by atoms with van der Waals surface area (Å²) in [7, 11) is 1.34. The lowest BCUT2D eigenvalue weighted by atomic mass is 10.0. The number of carbonyl (C=O) groups excluding carboxylic acids is 2. The lowest BCUT2D eigenvalue weighted by Gasteiger charge is -2.24. The van der Waals surface area contributed by atoms with Crippen molar-refractivity contribution in [2.45, 2.75) is 39.2 Å². The number of nitrogens with zero attached hydrogens (tertiary/aromatic N) is 1. The summed E-state index contributed by atoms with van der Waals surface area (Å²) in [6, 6.07) is 12.9. The zero-order valence-electron chi connectivity index (χ0n) is 16.2. The van der Waals surface area contributed by atoms with E-state index in [-0.39, 0.29) is 12.5 Å². The van der Waals surface area contributed by atoms with Crippen molar-refractivity contribution in [3.63, 3.8) is 0 Å². The minimum absolute atomic E-state index is 0.135. The van der Waals surface area contributed by atoms with Crippen LogP contribution in [-0.2, 0) is 20.7 Å². The van der Waals surface area contributed by atoms with Crippen LogP contribution >= 0.6 is 0 Å². The van der Waals surface area contributed by atoms with Gasteiger partial charge in [-0.1, -0.05) is 44.2 Å². The monoisotopic (exact) mass is 367 g/mol. The molecule has 1 heterocycles. The summed E-state index contributed by atoms with van der Waals surface area (Å²) < 4.78 is 10.7. The van der Waals surface area contributed by atoms with Crippen molar-refractivity contribution in [1.82, 2.24) is 0 Å². The number of carbonyl (C=O) groups is 2. The third-order valence-corrected chi connectivity index (χ3v) is 4.95. The number of anilines is 1. The molecule has 142 valence electrons. The van der Waals surface area contributed by atoms with Crippen LogP contribution in [0.25, 0.3) is 0 Å². The molecule has 0 saturated heterocycles. The van der Waals surface area contributed by atoms with Crippen LogP contribution in [0.5, 0.6) is 5.75 Å². The number of rotatable bonds is 5. The van der Waals surface area contributed by atoms with E-state index in [9.17, 15) is 9.59 Å². The number of benzene rings is 2. The van der Waals surface area contributed by atoms with Crippen molar-refractivity contribution in [3.05, 3.63) is 59.2 Å². The minimum atomic E-state index is -0.647. The smallest absolute Gasteiger partial charge is 0.329 e. The van der Waals surface area contributed by atoms with Crippen LogP contribution in [0.15, 0.2) is 42.5 Å². The van der Waals surface area contributed by atoms with Crippen molar-refractivity contribution in [2.75, 3.05) is 18.6 Å². The van der Waals surface area contributed by atoms with Gasteiger partial charge in [0.1, 0.15) is 11.8 Å². The number of hydrogen-bond donors (Lipinski definition) is 0. The van der Waals surface area contributed by atoms with Crippen molar-refractivity contribution in [2.24, 2.45) is 0 Å². The first-order valence-electron chi connectivity index (χ1n) is 9.13. The van der Waals surface area contributed by atoms with E-state index in [1.807, 2.05) is 43.3 Å². The topological polar surface area (TPSA) is 55.8 Å². The number of esters is 1. The summed E-state index contributed by atoms with van der Waals surface area (Å²) in [4.78, 5) is 26.6. The van der Waals surface area contributed by atoms with E-state index in [2.05, 4.69) is 19.9 Å². The number of ether oxygens (including phenoxy) is 2. The molecule has 5 nitrogen and oxygen atoms in total. The predicted molar refractivity (Wildman–Crippen MR) is 104 cm³/mol. The van der Waals surface area contributed by atoms with Gasteiger partial charge in [-0.3, -0.25) is 9.69 Å². The van der Waals surface area contributed by atoms with Gasteiger partial charge in [0.05, 0.1) is 7.11 Å². The highest BCUT2D eigenvalue weighted by atomic mass is 16.5. The zero-order valence-corrected chi connectivity index (χ0v) is 16.2. The molecule has 1 unspecified atom stereocenters. The standard InChI is InChI=1S/C22H25NO4/c1-14(2)16-10-9-15(3)20(12-16)27-13-21(24)23-18-8-6-5-7-17(18)11-19(23)22(25)26-4/h5-10,12,14,19H,11,13H2,1-4H3. The van der Waals surface area contributed by atoms with Crippen molar-refractivity contribution in [1.29, 1.82) is 0 Å². The summed E-state index contributed by atoms with van der Waals surface area (Å²) in [5.74, 6) is 0.386. The number of para-hydroxylation sites is 1. The van der Waals surface area contributed by atoms with E-state index in [4.69, 9.17) is 9.47 Å². The van der Waals surface area contributed by atoms with E-state index < -0.39 is 12.0 Å². The minimum Gasteiger partial charge on any atom is -0.483 e. The molecule has 1 atom stereocenters. The Labute approximate surface area is 159 Å². The van der Waals surface area contributed by atoms with Gasteiger partial charge in [-0.05, 0) is 41.7 Å². The lowest BCUT2D eigenvalue weighted by Crippen LogP contribution is -2.45. The molecule has 0 radical (unpaired) electrons. The van der Waals surface area contributed by atoms with E-state index in [0.29, 0.717) is 18.1 Å². The van der Waals surface area contributed by atoms with E-state index in [0.717, 1.165) is 22.4 Å². The van der Waals surface area contributed by atoms with Crippen LogP contribution in [0.3, 0.4) is 0 Å². The number of hydrogen-bond acceptors (Lipinski definition) is 4. The molecule has 3 rings (SSSR count). The summed E-state index contributed by atoms with van der Waals surface area (Å²) in [6.07, 6.45) is 0.455. The van der Waals surface area contributed by atoms with Crippen LogP contribution in [0.1, 0.15) is 36.5 Å². The van der Waals surface area contributed by atoms with Gasteiger partial charge in [0.25, 0.3) is 5.91 Å². The first-order valence-corrected chi connectivity index (χ1v) is 9.13. The average Bonchev–Trinajstić information content (AvgIpc) is 3.05. The highest BCUT2D eigenvalue weighted by molar-refractivity contribution is 6.03. The maximum atomic E-state index is 12.9. The van der Waals surface area contributed by atoms with Gasteiger partial charge in [-0.15, -0.1) is 0 Å². The molecule has 0 aliphatic carbocycles. The van der Waals surface area contributed by atoms with Gasteiger partial charge in [0, 0.05) is 12.1 Å². The summed E-state index contributed by atoms with van der Waals surface area (Å²) in [5, 5.41) is 0. The van der Waals surface area contributed by atoms with Crippen LogP contribution in [0, 0.1) is 6.92 Å². The Hall–Kier alpha value is -2.82. The molecule has 1 aliphatic heterocycles.